The third kappa shape index (κ3) is 3.17. The van der Waals surface area contributed by atoms with E-state index in [1.54, 1.807) is 13.1 Å². The Morgan fingerprint density at radius 3 is 2.32 bits per heavy atom. The van der Waals surface area contributed by atoms with E-state index >= 15 is 0 Å². The van der Waals surface area contributed by atoms with Crippen LogP contribution in [0, 0.1) is 0 Å². The van der Waals surface area contributed by atoms with Gasteiger partial charge in [-0.1, -0.05) is 12.1 Å². The van der Waals surface area contributed by atoms with Crippen molar-refractivity contribution in [3.05, 3.63) is 35.4 Å². The molecule has 0 aliphatic carbocycles. The van der Waals surface area contributed by atoms with Crippen molar-refractivity contribution in [1.82, 2.24) is 10.2 Å². The largest absolute Gasteiger partial charge is 0.372 e. The number of hydrogen-bond acceptors (Lipinski definition) is 4. The molecule has 0 radical (unpaired) electrons. The predicted octanol–water partition coefficient (Wildman–Crippen LogP) is 1.79. The number of rotatable bonds is 4. The van der Waals surface area contributed by atoms with E-state index in [4.69, 9.17) is 12.2 Å². The normalized spacial score (nSPS) is 17.0. The van der Waals surface area contributed by atoms with Crippen LogP contribution in [0.2, 0.25) is 0 Å². The van der Waals surface area contributed by atoms with Crippen LogP contribution in [0.3, 0.4) is 0 Å². The number of anilines is 1. The molecule has 1 aliphatic heterocycles. The first kappa shape index (κ1) is 16.2. The van der Waals surface area contributed by atoms with Crippen LogP contribution in [0.4, 0.5) is 5.69 Å². The Labute approximate surface area is 135 Å². The van der Waals surface area contributed by atoms with Gasteiger partial charge in [0, 0.05) is 25.8 Å². The standard InChI is InChI=1S/C16H19N3O2S/c1-4-19(5-2)12-8-6-11(7-9-12)10-13-14(20)17-16(22)18(3)15(13)21/h6-10H,4-5H2,1-3H3,(H,17,20,22). The summed E-state index contributed by atoms with van der Waals surface area (Å²) in [4.78, 5) is 27.5. The summed E-state index contributed by atoms with van der Waals surface area (Å²) < 4.78 is 0. The molecule has 0 atom stereocenters. The van der Waals surface area contributed by atoms with Crippen LogP contribution in [0.15, 0.2) is 29.8 Å². The zero-order valence-corrected chi connectivity index (χ0v) is 13.7. The van der Waals surface area contributed by atoms with E-state index in [2.05, 4.69) is 24.1 Å². The summed E-state index contributed by atoms with van der Waals surface area (Å²) in [7, 11) is 1.54. The molecule has 1 aliphatic rings. The predicted molar refractivity (Wildman–Crippen MR) is 91.5 cm³/mol. The second-order valence-corrected chi connectivity index (χ2v) is 5.33. The summed E-state index contributed by atoms with van der Waals surface area (Å²) in [6.07, 6.45) is 1.59. The van der Waals surface area contributed by atoms with E-state index < -0.39 is 5.91 Å². The Morgan fingerprint density at radius 2 is 1.77 bits per heavy atom. The number of amides is 2. The molecular formula is C16H19N3O2S. The first-order chi connectivity index (χ1) is 10.5. The molecular weight excluding hydrogens is 298 g/mol. The second kappa shape index (κ2) is 6.70. The molecule has 2 amide bonds. The Hall–Kier alpha value is -2.21. The van der Waals surface area contributed by atoms with Gasteiger partial charge < -0.3 is 4.90 Å². The molecule has 0 aromatic heterocycles. The third-order valence-corrected chi connectivity index (χ3v) is 4.01. The van der Waals surface area contributed by atoms with Gasteiger partial charge >= 0.3 is 0 Å². The Kier molecular flexibility index (Phi) is 4.92. The summed E-state index contributed by atoms with van der Waals surface area (Å²) in [5.41, 5.74) is 2.01. The van der Waals surface area contributed by atoms with Gasteiger partial charge in [0.25, 0.3) is 11.8 Å². The molecule has 22 heavy (non-hydrogen) atoms. The molecule has 1 N–H and O–H groups in total. The lowest BCUT2D eigenvalue weighted by molar-refractivity contribution is -0.128. The lowest BCUT2D eigenvalue weighted by Gasteiger charge is -2.25. The van der Waals surface area contributed by atoms with Gasteiger partial charge in [-0.05, 0) is 49.8 Å². The average Bonchev–Trinajstić information content (AvgIpc) is 2.52. The van der Waals surface area contributed by atoms with Gasteiger partial charge in [0.1, 0.15) is 5.57 Å². The van der Waals surface area contributed by atoms with Gasteiger partial charge in [-0.25, -0.2) is 0 Å². The summed E-state index contributed by atoms with van der Waals surface area (Å²) in [5.74, 6) is -0.845. The van der Waals surface area contributed by atoms with Crippen molar-refractivity contribution in [3.8, 4) is 0 Å². The molecule has 1 saturated heterocycles. The van der Waals surface area contributed by atoms with E-state index in [0.29, 0.717) is 0 Å². The van der Waals surface area contributed by atoms with Crippen LogP contribution >= 0.6 is 12.2 Å². The minimum Gasteiger partial charge on any atom is -0.372 e. The van der Waals surface area contributed by atoms with Crippen molar-refractivity contribution >= 4 is 40.9 Å². The number of nitrogens with zero attached hydrogens (tertiary/aromatic N) is 2. The van der Waals surface area contributed by atoms with E-state index in [0.717, 1.165) is 24.3 Å². The van der Waals surface area contributed by atoms with Gasteiger partial charge in [-0.2, -0.15) is 0 Å². The topological polar surface area (TPSA) is 52.7 Å². The average molecular weight is 317 g/mol. The minimum absolute atomic E-state index is 0.0895. The number of thiocarbonyl (C=S) groups is 1. The van der Waals surface area contributed by atoms with Crippen molar-refractivity contribution in [3.63, 3.8) is 0 Å². The Balaban J connectivity index is 2.27. The maximum absolute atomic E-state index is 12.1. The fraction of sp³-hybridized carbons (Fsp3) is 0.312. The maximum atomic E-state index is 12.1. The second-order valence-electron chi connectivity index (χ2n) is 4.95. The van der Waals surface area contributed by atoms with Crippen molar-refractivity contribution in [2.75, 3.05) is 25.0 Å². The number of carbonyl (C=O) groups is 2. The maximum Gasteiger partial charge on any atom is 0.265 e. The highest BCUT2D eigenvalue weighted by molar-refractivity contribution is 7.80. The van der Waals surface area contributed by atoms with E-state index in [1.165, 1.54) is 4.90 Å². The number of hydrogen-bond donors (Lipinski definition) is 1. The van der Waals surface area contributed by atoms with Crippen LogP contribution in [0.25, 0.3) is 6.08 Å². The molecule has 116 valence electrons. The molecule has 0 spiro atoms. The number of nitrogens with one attached hydrogen (secondary N) is 1. The Morgan fingerprint density at radius 1 is 1.18 bits per heavy atom. The zero-order chi connectivity index (χ0) is 16.3. The molecule has 1 aromatic rings. The van der Waals surface area contributed by atoms with Gasteiger partial charge in [0.2, 0.25) is 0 Å². The molecule has 1 fully saturated rings. The van der Waals surface area contributed by atoms with Crippen molar-refractivity contribution < 1.29 is 9.59 Å². The lowest BCUT2D eigenvalue weighted by Crippen LogP contribution is -2.52. The first-order valence-electron chi connectivity index (χ1n) is 7.18. The van der Waals surface area contributed by atoms with Crippen molar-refractivity contribution in [2.24, 2.45) is 0 Å². The van der Waals surface area contributed by atoms with Crippen LogP contribution in [0.5, 0.6) is 0 Å². The van der Waals surface area contributed by atoms with Crippen molar-refractivity contribution in [2.45, 2.75) is 13.8 Å². The first-order valence-corrected chi connectivity index (χ1v) is 7.58. The highest BCUT2D eigenvalue weighted by atomic mass is 32.1. The van der Waals surface area contributed by atoms with E-state index in [1.807, 2.05) is 24.3 Å². The van der Waals surface area contributed by atoms with Crippen LogP contribution in [-0.2, 0) is 9.59 Å². The molecule has 1 aromatic carbocycles. The molecule has 2 rings (SSSR count). The summed E-state index contributed by atoms with van der Waals surface area (Å²) >= 11 is 4.91. The monoisotopic (exact) mass is 317 g/mol. The fourth-order valence-corrected chi connectivity index (χ4v) is 2.46. The van der Waals surface area contributed by atoms with E-state index in [9.17, 15) is 9.59 Å². The number of benzene rings is 1. The molecule has 6 heteroatoms. The summed E-state index contributed by atoms with van der Waals surface area (Å²) in [6.45, 7) is 6.06. The fourth-order valence-electron chi connectivity index (χ4n) is 2.28. The minimum atomic E-state index is -0.457. The highest BCUT2D eigenvalue weighted by Gasteiger charge is 2.30. The molecule has 1 heterocycles. The summed E-state index contributed by atoms with van der Waals surface area (Å²) in [6, 6.07) is 7.76. The molecule has 0 bridgehead atoms. The third-order valence-electron chi connectivity index (χ3n) is 3.64. The van der Waals surface area contributed by atoms with Crippen molar-refractivity contribution in [1.29, 1.82) is 0 Å². The molecule has 5 nitrogen and oxygen atoms in total. The SMILES string of the molecule is CCN(CC)c1ccc(C=C2C(=O)NC(=S)N(C)C2=O)cc1. The molecule has 0 unspecified atom stereocenters. The smallest absolute Gasteiger partial charge is 0.265 e. The highest BCUT2D eigenvalue weighted by Crippen LogP contribution is 2.18. The lowest BCUT2D eigenvalue weighted by atomic mass is 10.1. The van der Waals surface area contributed by atoms with E-state index in [-0.39, 0.29) is 16.6 Å². The van der Waals surface area contributed by atoms with Gasteiger partial charge in [-0.15, -0.1) is 0 Å². The molecule has 0 saturated carbocycles. The number of likely N-dealkylation sites (N-methyl/N-ethyl adjacent to an activating group) is 1. The van der Waals surface area contributed by atoms with Crippen LogP contribution in [-0.4, -0.2) is 42.0 Å². The van der Waals surface area contributed by atoms with Gasteiger partial charge in [0.05, 0.1) is 0 Å². The van der Waals surface area contributed by atoms with Crippen LogP contribution in [0.1, 0.15) is 19.4 Å². The Bertz CT molecular complexity index is 633. The number of carbonyl (C=O) groups excluding carboxylic acids is 2. The quantitative estimate of drug-likeness (QED) is 0.523. The van der Waals surface area contributed by atoms with Gasteiger partial charge in [0.15, 0.2) is 5.11 Å². The summed E-state index contributed by atoms with van der Waals surface area (Å²) in [5, 5.41) is 2.63. The van der Waals surface area contributed by atoms with Gasteiger partial charge in [-0.3, -0.25) is 19.8 Å². The zero-order valence-electron chi connectivity index (χ0n) is 12.9. The van der Waals surface area contributed by atoms with Crippen LogP contribution < -0.4 is 10.2 Å².